The molecule has 5 nitrogen and oxygen atoms in total. The Morgan fingerprint density at radius 2 is 1.63 bits per heavy atom. The highest BCUT2D eigenvalue weighted by Gasteiger charge is 2.31. The molecule has 0 aliphatic heterocycles. The van der Waals surface area contributed by atoms with Gasteiger partial charge in [0, 0.05) is 21.7 Å². The van der Waals surface area contributed by atoms with Crippen LogP contribution in [-0.4, -0.2) is 18.1 Å². The number of carbonyl (C=O) groups excluding carboxylic acids is 2. The minimum atomic E-state index is -4.87. The van der Waals surface area contributed by atoms with E-state index in [1.807, 2.05) is 0 Å². The Hall–Kier alpha value is -4.18. The lowest BCUT2D eigenvalue weighted by molar-refractivity contribution is -0.274. The van der Waals surface area contributed by atoms with E-state index in [4.69, 9.17) is 9.47 Å². The number of hydrogen-bond acceptors (Lipinski definition) is 6. The minimum absolute atomic E-state index is 0.0581. The highest BCUT2D eigenvalue weighted by molar-refractivity contribution is 7.21. The van der Waals surface area contributed by atoms with Crippen molar-refractivity contribution in [3.05, 3.63) is 95.6 Å². The van der Waals surface area contributed by atoms with E-state index in [9.17, 15) is 27.2 Å². The van der Waals surface area contributed by atoms with Gasteiger partial charge in [0.2, 0.25) is 5.78 Å². The number of ether oxygens (including phenoxy) is 3. The molecular formula is C25H14F4O5S. The van der Waals surface area contributed by atoms with Crippen LogP contribution in [0.25, 0.3) is 10.1 Å². The quantitative estimate of drug-likeness (QED) is 0.0891. The first-order valence-corrected chi connectivity index (χ1v) is 10.7. The lowest BCUT2D eigenvalue weighted by Crippen LogP contribution is -2.17. The van der Waals surface area contributed by atoms with Crippen molar-refractivity contribution in [2.75, 3.05) is 0 Å². The molecule has 0 N–H and O–H groups in total. The van der Waals surface area contributed by atoms with E-state index >= 15 is 0 Å². The molecule has 178 valence electrons. The normalized spacial score (nSPS) is 11.2. The van der Waals surface area contributed by atoms with E-state index in [2.05, 4.69) is 11.3 Å². The van der Waals surface area contributed by atoms with Gasteiger partial charge in [-0.1, -0.05) is 18.7 Å². The van der Waals surface area contributed by atoms with E-state index in [-0.39, 0.29) is 27.7 Å². The molecule has 0 aliphatic carbocycles. The first kappa shape index (κ1) is 24.0. The Kier molecular flexibility index (Phi) is 6.57. The summed E-state index contributed by atoms with van der Waals surface area (Å²) in [6.07, 6.45) is -3.90. The Morgan fingerprint density at radius 3 is 2.29 bits per heavy atom. The number of rotatable bonds is 7. The molecular weight excluding hydrogens is 488 g/mol. The number of hydrogen-bond donors (Lipinski definition) is 0. The Balaban J connectivity index is 1.75. The number of benzene rings is 3. The first-order chi connectivity index (χ1) is 16.6. The van der Waals surface area contributed by atoms with E-state index in [0.29, 0.717) is 10.1 Å². The molecule has 4 rings (SSSR count). The zero-order valence-electron chi connectivity index (χ0n) is 17.6. The summed E-state index contributed by atoms with van der Waals surface area (Å²) in [5.74, 6) is -2.06. The molecule has 0 aliphatic rings. The molecule has 1 aromatic heterocycles. The second-order valence-electron chi connectivity index (χ2n) is 6.98. The molecule has 0 atom stereocenters. The Morgan fingerprint density at radius 1 is 0.943 bits per heavy atom. The van der Waals surface area contributed by atoms with Gasteiger partial charge in [-0.15, -0.1) is 24.5 Å². The van der Waals surface area contributed by atoms with Crippen LogP contribution in [0.15, 0.2) is 79.4 Å². The van der Waals surface area contributed by atoms with Gasteiger partial charge in [0.05, 0.1) is 0 Å². The van der Waals surface area contributed by atoms with Gasteiger partial charge in [0.15, 0.2) is 17.2 Å². The lowest BCUT2D eigenvalue weighted by atomic mass is 10.1. The fourth-order valence-corrected chi connectivity index (χ4v) is 4.23. The third-order valence-electron chi connectivity index (χ3n) is 4.60. The van der Waals surface area contributed by atoms with Crippen molar-refractivity contribution in [2.24, 2.45) is 0 Å². The van der Waals surface area contributed by atoms with Crippen molar-refractivity contribution >= 4 is 33.2 Å². The molecule has 3 aromatic carbocycles. The first-order valence-electron chi connectivity index (χ1n) is 9.88. The van der Waals surface area contributed by atoms with Gasteiger partial charge in [-0.3, -0.25) is 4.79 Å². The largest absolute Gasteiger partial charge is 0.573 e. The number of fused-ring (bicyclic) bond motifs is 1. The topological polar surface area (TPSA) is 61.8 Å². The van der Waals surface area contributed by atoms with E-state index < -0.39 is 29.7 Å². The van der Waals surface area contributed by atoms with Gasteiger partial charge in [-0.25, -0.2) is 9.18 Å². The number of para-hydroxylation sites is 2. The number of esters is 1. The van der Waals surface area contributed by atoms with Crippen LogP contribution in [-0.2, 0) is 4.79 Å². The van der Waals surface area contributed by atoms with Crippen LogP contribution in [0.5, 0.6) is 23.0 Å². The summed E-state index contributed by atoms with van der Waals surface area (Å²) in [6.45, 7) is 3.34. The Labute approximate surface area is 199 Å². The maximum Gasteiger partial charge on any atom is 0.573 e. The summed E-state index contributed by atoms with van der Waals surface area (Å²) in [5, 5.41) is 0.418. The highest BCUT2D eigenvalue weighted by Crippen LogP contribution is 2.43. The smallest absolute Gasteiger partial charge is 0.451 e. The van der Waals surface area contributed by atoms with Crippen molar-refractivity contribution in [3.63, 3.8) is 0 Å². The maximum absolute atomic E-state index is 13.9. The summed E-state index contributed by atoms with van der Waals surface area (Å²) in [7, 11) is 0. The molecule has 0 saturated heterocycles. The molecule has 0 radical (unpaired) electrons. The van der Waals surface area contributed by atoms with Gasteiger partial charge < -0.3 is 14.2 Å². The predicted octanol–water partition coefficient (Wildman–Crippen LogP) is 7.05. The summed E-state index contributed by atoms with van der Waals surface area (Å²) in [4.78, 5) is 25.1. The van der Waals surface area contributed by atoms with Crippen molar-refractivity contribution in [2.45, 2.75) is 6.36 Å². The number of thiophene rings is 1. The second-order valence-corrected chi connectivity index (χ2v) is 8.03. The average Bonchev–Trinajstić information content (AvgIpc) is 3.16. The molecule has 4 aromatic rings. The van der Waals surface area contributed by atoms with Crippen molar-refractivity contribution in [1.82, 2.24) is 0 Å². The van der Waals surface area contributed by atoms with Crippen LogP contribution in [0.1, 0.15) is 15.2 Å². The SMILES string of the molecule is C=CC(=O)Oc1ccccc1Oc1c(C(=O)c2ccc(OC(F)(F)F)cc2)sc2cc(F)ccc12. The maximum atomic E-state index is 13.9. The van der Waals surface area contributed by atoms with Crippen LogP contribution < -0.4 is 14.2 Å². The molecule has 0 fully saturated rings. The molecule has 35 heavy (non-hydrogen) atoms. The predicted molar refractivity (Wildman–Crippen MR) is 121 cm³/mol. The minimum Gasteiger partial charge on any atom is -0.451 e. The van der Waals surface area contributed by atoms with E-state index in [1.54, 1.807) is 12.1 Å². The van der Waals surface area contributed by atoms with Gasteiger partial charge in [-0.2, -0.15) is 0 Å². The fraction of sp³-hybridized carbons (Fsp3) is 0.0400. The zero-order chi connectivity index (χ0) is 25.2. The van der Waals surface area contributed by atoms with Gasteiger partial charge in [-0.05, 0) is 54.6 Å². The average molecular weight is 502 g/mol. The van der Waals surface area contributed by atoms with Gasteiger partial charge in [0.25, 0.3) is 0 Å². The van der Waals surface area contributed by atoms with E-state index in [1.165, 1.54) is 42.5 Å². The second kappa shape index (κ2) is 9.59. The summed E-state index contributed by atoms with van der Waals surface area (Å²) < 4.78 is 66.6. The van der Waals surface area contributed by atoms with Crippen LogP contribution >= 0.6 is 11.3 Å². The van der Waals surface area contributed by atoms with Crippen LogP contribution in [0.2, 0.25) is 0 Å². The van der Waals surface area contributed by atoms with Crippen molar-refractivity contribution in [1.29, 1.82) is 0 Å². The standard InChI is InChI=1S/C25H14F4O5S/c1-2-21(30)32-18-5-3-4-6-19(18)33-23-17-12-9-15(26)13-20(17)35-24(23)22(31)14-7-10-16(11-8-14)34-25(27,28)29/h2-13H,1H2. The van der Waals surface area contributed by atoms with Crippen molar-refractivity contribution < 1.29 is 41.4 Å². The Bertz CT molecular complexity index is 1420. The molecule has 10 heteroatoms. The molecule has 0 spiro atoms. The molecule has 1 heterocycles. The van der Waals surface area contributed by atoms with Gasteiger partial charge >= 0.3 is 12.3 Å². The molecule has 0 amide bonds. The van der Waals surface area contributed by atoms with Gasteiger partial charge in [0.1, 0.15) is 16.4 Å². The third-order valence-corrected chi connectivity index (χ3v) is 5.73. The summed E-state index contributed by atoms with van der Waals surface area (Å²) in [6, 6.07) is 14.5. The van der Waals surface area contributed by atoms with Crippen LogP contribution in [0.4, 0.5) is 17.6 Å². The summed E-state index contributed by atoms with van der Waals surface area (Å²) >= 11 is 0.949. The molecule has 0 bridgehead atoms. The lowest BCUT2D eigenvalue weighted by Gasteiger charge is -2.12. The number of halogens is 4. The fourth-order valence-electron chi connectivity index (χ4n) is 3.12. The molecule has 0 saturated carbocycles. The molecule has 0 unspecified atom stereocenters. The van der Waals surface area contributed by atoms with Crippen LogP contribution in [0.3, 0.4) is 0 Å². The van der Waals surface area contributed by atoms with E-state index in [0.717, 1.165) is 29.5 Å². The summed E-state index contributed by atoms with van der Waals surface area (Å²) in [5.41, 5.74) is 0.0581. The number of carbonyl (C=O) groups is 2. The number of ketones is 1. The number of alkyl halides is 3. The monoisotopic (exact) mass is 502 g/mol. The van der Waals surface area contributed by atoms with Crippen molar-refractivity contribution in [3.8, 4) is 23.0 Å². The van der Waals surface area contributed by atoms with Crippen LogP contribution in [0, 0.1) is 5.82 Å². The zero-order valence-corrected chi connectivity index (χ0v) is 18.4. The third kappa shape index (κ3) is 5.49. The highest BCUT2D eigenvalue weighted by atomic mass is 32.1.